The Morgan fingerprint density at radius 1 is 1.28 bits per heavy atom. The minimum Gasteiger partial charge on any atom is -0.451 e. The summed E-state index contributed by atoms with van der Waals surface area (Å²) in [7, 11) is 0. The van der Waals surface area contributed by atoms with E-state index in [1.165, 1.54) is 6.42 Å². The van der Waals surface area contributed by atoms with Gasteiger partial charge in [-0.05, 0) is 32.3 Å². The molecule has 0 bridgehead atoms. The SMILES string of the molecule is Cc1csc(SCc2c(C(=O)N3CCCCC3)oc3ccccc23)n1. The molecule has 1 saturated heterocycles. The summed E-state index contributed by atoms with van der Waals surface area (Å²) in [5, 5.41) is 3.08. The molecule has 0 N–H and O–H groups in total. The van der Waals surface area contributed by atoms with Crippen LogP contribution < -0.4 is 0 Å². The first-order chi connectivity index (χ1) is 12.2. The number of likely N-dealkylation sites (tertiary alicyclic amines) is 1. The van der Waals surface area contributed by atoms with Gasteiger partial charge < -0.3 is 9.32 Å². The lowest BCUT2D eigenvalue weighted by Gasteiger charge is -2.26. The first-order valence-corrected chi connectivity index (χ1v) is 10.4. The van der Waals surface area contributed by atoms with Crippen LogP contribution in [0.15, 0.2) is 38.4 Å². The molecule has 25 heavy (non-hydrogen) atoms. The van der Waals surface area contributed by atoms with Gasteiger partial charge in [0.05, 0.1) is 0 Å². The molecule has 4 nitrogen and oxygen atoms in total. The number of carbonyl (C=O) groups is 1. The Morgan fingerprint density at radius 2 is 2.08 bits per heavy atom. The third-order valence-electron chi connectivity index (χ3n) is 4.47. The van der Waals surface area contributed by atoms with Crippen LogP contribution in [-0.2, 0) is 5.75 Å². The molecule has 3 heterocycles. The Labute approximate surface area is 155 Å². The number of rotatable bonds is 4. The van der Waals surface area contributed by atoms with Gasteiger partial charge in [0.25, 0.3) is 5.91 Å². The largest absolute Gasteiger partial charge is 0.451 e. The van der Waals surface area contributed by atoms with Crippen molar-refractivity contribution < 1.29 is 9.21 Å². The van der Waals surface area contributed by atoms with Crippen molar-refractivity contribution in [1.29, 1.82) is 0 Å². The second-order valence-electron chi connectivity index (χ2n) is 6.30. The van der Waals surface area contributed by atoms with Crippen molar-refractivity contribution in [1.82, 2.24) is 9.88 Å². The van der Waals surface area contributed by atoms with Gasteiger partial charge in [-0.3, -0.25) is 4.79 Å². The predicted molar refractivity (Wildman–Crippen MR) is 102 cm³/mol. The second-order valence-corrected chi connectivity index (χ2v) is 8.38. The van der Waals surface area contributed by atoms with Gasteiger partial charge in [0.1, 0.15) is 9.92 Å². The highest BCUT2D eigenvalue weighted by molar-refractivity contribution is 8.00. The second kappa shape index (κ2) is 7.22. The standard InChI is InChI=1S/C19H20N2O2S2/c1-13-11-24-19(20-13)25-12-15-14-7-3-4-8-16(14)23-17(15)18(22)21-9-5-2-6-10-21/h3-4,7-8,11H,2,5-6,9-10,12H2,1H3. The van der Waals surface area contributed by atoms with E-state index in [9.17, 15) is 4.79 Å². The maximum atomic E-state index is 13.0. The van der Waals surface area contributed by atoms with Crippen molar-refractivity contribution in [2.75, 3.05) is 13.1 Å². The van der Waals surface area contributed by atoms with Crippen LogP contribution in [0, 0.1) is 6.92 Å². The molecule has 3 aromatic rings. The van der Waals surface area contributed by atoms with E-state index in [1.807, 2.05) is 36.1 Å². The molecule has 1 amide bonds. The maximum Gasteiger partial charge on any atom is 0.289 e. The number of thiazole rings is 1. The summed E-state index contributed by atoms with van der Waals surface area (Å²) < 4.78 is 7.01. The number of hydrogen-bond acceptors (Lipinski definition) is 5. The average molecular weight is 373 g/mol. The van der Waals surface area contributed by atoms with Gasteiger partial charge in [-0.25, -0.2) is 4.98 Å². The first kappa shape index (κ1) is 16.7. The Bertz CT molecular complexity index is 894. The van der Waals surface area contributed by atoms with Crippen molar-refractivity contribution >= 4 is 40.0 Å². The van der Waals surface area contributed by atoms with Crippen LogP contribution in [-0.4, -0.2) is 28.9 Å². The number of fused-ring (bicyclic) bond motifs is 1. The van der Waals surface area contributed by atoms with Crippen molar-refractivity contribution in [2.24, 2.45) is 0 Å². The molecule has 0 radical (unpaired) electrons. The summed E-state index contributed by atoms with van der Waals surface area (Å²) in [5.74, 6) is 1.23. The minimum absolute atomic E-state index is 0.0295. The van der Waals surface area contributed by atoms with E-state index in [0.717, 1.165) is 52.5 Å². The molecule has 1 aliphatic rings. The van der Waals surface area contributed by atoms with Crippen LogP contribution in [0.25, 0.3) is 11.0 Å². The van der Waals surface area contributed by atoms with Crippen molar-refractivity contribution in [3.63, 3.8) is 0 Å². The Hall–Kier alpha value is -1.79. The van der Waals surface area contributed by atoms with Crippen LogP contribution in [0.3, 0.4) is 0 Å². The van der Waals surface area contributed by atoms with Gasteiger partial charge in [-0.1, -0.05) is 30.0 Å². The van der Waals surface area contributed by atoms with E-state index in [1.54, 1.807) is 23.1 Å². The molecule has 0 spiro atoms. The number of hydrogen-bond donors (Lipinski definition) is 0. The fourth-order valence-electron chi connectivity index (χ4n) is 3.19. The summed E-state index contributed by atoms with van der Waals surface area (Å²) >= 11 is 3.31. The van der Waals surface area contributed by atoms with Crippen LogP contribution in [0.2, 0.25) is 0 Å². The van der Waals surface area contributed by atoms with Gasteiger partial charge >= 0.3 is 0 Å². The summed E-state index contributed by atoms with van der Waals surface area (Å²) in [4.78, 5) is 19.5. The zero-order valence-corrected chi connectivity index (χ0v) is 15.8. The van der Waals surface area contributed by atoms with E-state index in [2.05, 4.69) is 10.4 Å². The van der Waals surface area contributed by atoms with Crippen molar-refractivity contribution in [2.45, 2.75) is 36.3 Å². The van der Waals surface area contributed by atoms with Gasteiger partial charge in [0.15, 0.2) is 5.76 Å². The average Bonchev–Trinajstić information content (AvgIpc) is 3.23. The van der Waals surface area contributed by atoms with Gasteiger partial charge in [-0.2, -0.15) is 0 Å². The van der Waals surface area contributed by atoms with Crippen LogP contribution >= 0.6 is 23.1 Å². The lowest BCUT2D eigenvalue weighted by molar-refractivity contribution is 0.0693. The molecule has 0 atom stereocenters. The monoisotopic (exact) mass is 372 g/mol. The van der Waals surface area contributed by atoms with Crippen LogP contribution in [0.1, 0.15) is 41.1 Å². The third kappa shape index (κ3) is 3.46. The third-order valence-corrected chi connectivity index (χ3v) is 6.64. The molecule has 1 aromatic carbocycles. The van der Waals surface area contributed by atoms with Gasteiger partial charge in [-0.15, -0.1) is 11.3 Å². The first-order valence-electron chi connectivity index (χ1n) is 8.57. The molecule has 4 rings (SSSR count). The highest BCUT2D eigenvalue weighted by Crippen LogP contribution is 2.34. The zero-order valence-electron chi connectivity index (χ0n) is 14.2. The summed E-state index contributed by atoms with van der Waals surface area (Å²) in [6, 6.07) is 7.91. The summed E-state index contributed by atoms with van der Waals surface area (Å²) in [6.07, 6.45) is 3.36. The van der Waals surface area contributed by atoms with E-state index in [4.69, 9.17) is 4.42 Å². The lowest BCUT2D eigenvalue weighted by Crippen LogP contribution is -2.35. The molecule has 1 fully saturated rings. The van der Waals surface area contributed by atoms with E-state index in [-0.39, 0.29) is 5.91 Å². The number of nitrogens with zero attached hydrogens (tertiary/aromatic N) is 2. The molecule has 1 aliphatic heterocycles. The highest BCUT2D eigenvalue weighted by Gasteiger charge is 2.26. The Kier molecular flexibility index (Phi) is 4.81. The number of aryl methyl sites for hydroxylation is 1. The number of carbonyl (C=O) groups excluding carboxylic acids is 1. The number of aromatic nitrogens is 1. The van der Waals surface area contributed by atoms with Crippen molar-refractivity contribution in [3.8, 4) is 0 Å². The molecule has 6 heteroatoms. The fraction of sp³-hybridized carbons (Fsp3) is 0.368. The van der Waals surface area contributed by atoms with Crippen LogP contribution in [0.5, 0.6) is 0 Å². The molecule has 0 unspecified atom stereocenters. The predicted octanol–water partition coefficient (Wildman–Crippen LogP) is 5.12. The number of furan rings is 1. The van der Waals surface area contributed by atoms with Crippen molar-refractivity contribution in [3.05, 3.63) is 46.7 Å². The molecular weight excluding hydrogens is 352 g/mol. The maximum absolute atomic E-state index is 13.0. The van der Waals surface area contributed by atoms with Crippen LogP contribution in [0.4, 0.5) is 0 Å². The summed E-state index contributed by atoms with van der Waals surface area (Å²) in [6.45, 7) is 3.65. The minimum atomic E-state index is 0.0295. The van der Waals surface area contributed by atoms with E-state index >= 15 is 0 Å². The number of piperidine rings is 1. The lowest BCUT2D eigenvalue weighted by atomic mass is 10.1. The molecule has 0 saturated carbocycles. The zero-order chi connectivity index (χ0) is 17.2. The fourth-order valence-corrected chi connectivity index (χ4v) is 5.07. The number of para-hydroxylation sites is 1. The normalized spacial score (nSPS) is 15.0. The smallest absolute Gasteiger partial charge is 0.289 e. The Morgan fingerprint density at radius 3 is 2.84 bits per heavy atom. The molecular formula is C19H20N2O2S2. The molecule has 2 aromatic heterocycles. The van der Waals surface area contributed by atoms with Gasteiger partial charge in [0.2, 0.25) is 0 Å². The number of thioether (sulfide) groups is 1. The Balaban J connectivity index is 1.66. The summed E-state index contributed by atoms with van der Waals surface area (Å²) in [5.41, 5.74) is 2.81. The van der Waals surface area contributed by atoms with E-state index < -0.39 is 0 Å². The number of amides is 1. The topological polar surface area (TPSA) is 46.3 Å². The quantitative estimate of drug-likeness (QED) is 0.597. The molecule has 130 valence electrons. The number of benzene rings is 1. The van der Waals surface area contributed by atoms with Gasteiger partial charge in [0, 0.05) is 40.9 Å². The van der Waals surface area contributed by atoms with E-state index in [0.29, 0.717) is 11.5 Å². The highest BCUT2D eigenvalue weighted by atomic mass is 32.2. The molecule has 0 aliphatic carbocycles.